The molecule has 0 unspecified atom stereocenters. The molecule has 2 aromatic carbocycles. The van der Waals surface area contributed by atoms with Crippen molar-refractivity contribution in [1.29, 1.82) is 0 Å². The van der Waals surface area contributed by atoms with Gasteiger partial charge in [-0.05, 0) is 55.0 Å². The van der Waals surface area contributed by atoms with Crippen molar-refractivity contribution in [3.05, 3.63) is 87.3 Å². The second kappa shape index (κ2) is 9.83. The number of fused-ring (bicyclic) bond motifs is 1. The summed E-state index contributed by atoms with van der Waals surface area (Å²) < 4.78 is 49.6. The molecule has 0 fully saturated rings. The molecule has 6 nitrogen and oxygen atoms in total. The van der Waals surface area contributed by atoms with E-state index in [0.29, 0.717) is 16.3 Å². The fourth-order valence-corrected chi connectivity index (χ4v) is 4.36. The molecular formula is C25H18Cl2F3N3O3. The Morgan fingerprint density at radius 1 is 1.08 bits per heavy atom. The molecule has 2 heterocycles. The number of hydrogen-bond acceptors (Lipinski definition) is 4. The van der Waals surface area contributed by atoms with Gasteiger partial charge in [-0.3, -0.25) is 14.6 Å². The summed E-state index contributed by atoms with van der Waals surface area (Å²) in [5.74, 6) is -2.36. The minimum absolute atomic E-state index is 0.0741. The number of nitrogens with zero attached hydrogens (tertiary/aromatic N) is 2. The standard InChI is InChI=1S/C25H18Cl2F3N3O3/c1-13-9-16(7-8-31-13)32-24(35)22(34)21-18-11-17(36-2)5-6-20(18)33(23(21)25(28,29)30)12-14-3-4-15(26)10-19(14)27/h3-11H,12H2,1-2H3,(H,31,32,35). The number of ketones is 1. The highest BCUT2D eigenvalue weighted by molar-refractivity contribution is 6.48. The third-order valence-corrected chi connectivity index (χ3v) is 6.06. The first-order valence-corrected chi connectivity index (χ1v) is 11.2. The SMILES string of the molecule is COc1ccc2c(c1)c(C(=O)C(=O)Nc1ccnc(C)c1)c(C(F)(F)F)n2Cc1ccc(Cl)cc1Cl. The number of aromatic nitrogens is 2. The molecule has 36 heavy (non-hydrogen) atoms. The number of benzene rings is 2. The summed E-state index contributed by atoms with van der Waals surface area (Å²) in [7, 11) is 1.34. The number of amides is 1. The van der Waals surface area contributed by atoms with Crippen LogP contribution in [0, 0.1) is 6.92 Å². The molecule has 0 aliphatic carbocycles. The minimum Gasteiger partial charge on any atom is -0.497 e. The molecule has 0 radical (unpaired) electrons. The summed E-state index contributed by atoms with van der Waals surface area (Å²) >= 11 is 12.2. The van der Waals surface area contributed by atoms with Gasteiger partial charge < -0.3 is 14.6 Å². The average Bonchev–Trinajstić information content (AvgIpc) is 3.14. The zero-order valence-corrected chi connectivity index (χ0v) is 20.4. The molecule has 0 saturated carbocycles. The number of carbonyl (C=O) groups excluding carboxylic acids is 2. The maximum Gasteiger partial charge on any atom is 0.432 e. The predicted molar refractivity (Wildman–Crippen MR) is 131 cm³/mol. The molecule has 4 aromatic rings. The lowest BCUT2D eigenvalue weighted by Gasteiger charge is -2.15. The zero-order chi connectivity index (χ0) is 26.2. The van der Waals surface area contributed by atoms with Gasteiger partial charge in [-0.15, -0.1) is 0 Å². The molecule has 11 heteroatoms. The van der Waals surface area contributed by atoms with Crippen LogP contribution in [0.5, 0.6) is 5.75 Å². The van der Waals surface area contributed by atoms with Crippen molar-refractivity contribution in [3.8, 4) is 5.75 Å². The second-order valence-corrected chi connectivity index (χ2v) is 8.74. The van der Waals surface area contributed by atoms with E-state index in [-0.39, 0.29) is 33.9 Å². The first-order chi connectivity index (χ1) is 17.0. The Balaban J connectivity index is 1.91. The summed E-state index contributed by atoms with van der Waals surface area (Å²) in [6.45, 7) is 1.34. The zero-order valence-electron chi connectivity index (χ0n) is 18.9. The number of anilines is 1. The number of Topliss-reactive ketones (excluding diaryl/α,β-unsaturated/α-hetero) is 1. The molecule has 0 aliphatic heterocycles. The second-order valence-electron chi connectivity index (χ2n) is 7.90. The van der Waals surface area contributed by atoms with Crippen LogP contribution >= 0.6 is 23.2 Å². The van der Waals surface area contributed by atoms with Crippen LogP contribution < -0.4 is 10.1 Å². The molecule has 2 aromatic heterocycles. The Hall–Kier alpha value is -3.56. The molecule has 186 valence electrons. The van der Waals surface area contributed by atoms with Crippen LogP contribution in [0.15, 0.2) is 54.7 Å². The van der Waals surface area contributed by atoms with Gasteiger partial charge in [0.2, 0.25) is 0 Å². The molecule has 0 atom stereocenters. The highest BCUT2D eigenvalue weighted by Crippen LogP contribution is 2.40. The van der Waals surface area contributed by atoms with Gasteiger partial charge in [-0.2, -0.15) is 13.2 Å². The quantitative estimate of drug-likeness (QED) is 0.224. The Bertz CT molecular complexity index is 1500. The molecule has 0 spiro atoms. The lowest BCUT2D eigenvalue weighted by atomic mass is 10.0. The molecule has 4 rings (SSSR count). The normalized spacial score (nSPS) is 11.5. The largest absolute Gasteiger partial charge is 0.497 e. The van der Waals surface area contributed by atoms with Crippen molar-refractivity contribution in [2.75, 3.05) is 12.4 Å². The van der Waals surface area contributed by atoms with Crippen LogP contribution in [0.25, 0.3) is 10.9 Å². The number of rotatable bonds is 6. The Labute approximate surface area is 213 Å². The van der Waals surface area contributed by atoms with E-state index in [4.69, 9.17) is 27.9 Å². The van der Waals surface area contributed by atoms with Gasteiger partial charge in [0.1, 0.15) is 11.4 Å². The highest BCUT2D eigenvalue weighted by Gasteiger charge is 2.42. The van der Waals surface area contributed by atoms with Crippen molar-refractivity contribution in [2.24, 2.45) is 0 Å². The number of hydrogen-bond donors (Lipinski definition) is 1. The van der Waals surface area contributed by atoms with Crippen molar-refractivity contribution < 1.29 is 27.5 Å². The fraction of sp³-hybridized carbons (Fsp3) is 0.160. The van der Waals surface area contributed by atoms with Crippen LogP contribution in [0.1, 0.15) is 27.3 Å². The number of pyridine rings is 1. The minimum atomic E-state index is -4.98. The van der Waals surface area contributed by atoms with Crippen molar-refractivity contribution in [1.82, 2.24) is 9.55 Å². The van der Waals surface area contributed by atoms with E-state index in [1.165, 1.54) is 61.8 Å². The van der Waals surface area contributed by atoms with Crippen molar-refractivity contribution in [2.45, 2.75) is 19.6 Å². The lowest BCUT2D eigenvalue weighted by molar-refractivity contribution is -0.143. The van der Waals surface area contributed by atoms with Crippen molar-refractivity contribution in [3.63, 3.8) is 0 Å². The highest BCUT2D eigenvalue weighted by atomic mass is 35.5. The van der Waals surface area contributed by atoms with Gasteiger partial charge in [0.15, 0.2) is 0 Å². The average molecular weight is 536 g/mol. The number of ether oxygens (including phenoxy) is 1. The van der Waals surface area contributed by atoms with E-state index < -0.39 is 29.1 Å². The van der Waals surface area contributed by atoms with E-state index >= 15 is 0 Å². The van der Waals surface area contributed by atoms with Crippen LogP contribution in [0.3, 0.4) is 0 Å². The topological polar surface area (TPSA) is 73.2 Å². The molecule has 0 bridgehead atoms. The number of aryl methyl sites for hydroxylation is 1. The monoisotopic (exact) mass is 535 g/mol. The number of nitrogens with one attached hydrogen (secondary N) is 1. The fourth-order valence-electron chi connectivity index (χ4n) is 3.89. The van der Waals surface area contributed by atoms with E-state index in [2.05, 4.69) is 10.3 Å². The first-order valence-electron chi connectivity index (χ1n) is 10.5. The van der Waals surface area contributed by atoms with E-state index in [0.717, 1.165) is 4.57 Å². The van der Waals surface area contributed by atoms with Crippen LogP contribution in [0.4, 0.5) is 18.9 Å². The van der Waals surface area contributed by atoms with Gasteiger partial charge in [-0.1, -0.05) is 29.3 Å². The molecular weight excluding hydrogens is 518 g/mol. The molecule has 1 N–H and O–H groups in total. The van der Waals surface area contributed by atoms with E-state index in [9.17, 15) is 22.8 Å². The molecule has 0 aliphatic rings. The Morgan fingerprint density at radius 3 is 2.47 bits per heavy atom. The maximum absolute atomic E-state index is 14.5. The van der Waals surface area contributed by atoms with Crippen LogP contribution in [-0.4, -0.2) is 28.4 Å². The van der Waals surface area contributed by atoms with Gasteiger partial charge >= 0.3 is 6.18 Å². The van der Waals surface area contributed by atoms with Gasteiger partial charge in [0.25, 0.3) is 11.7 Å². The molecule has 1 amide bonds. The smallest absolute Gasteiger partial charge is 0.432 e. The van der Waals surface area contributed by atoms with Gasteiger partial charge in [0, 0.05) is 45.1 Å². The Kier molecular flexibility index (Phi) is 6.97. The van der Waals surface area contributed by atoms with E-state index in [1.54, 1.807) is 6.92 Å². The maximum atomic E-state index is 14.5. The third-order valence-electron chi connectivity index (χ3n) is 5.47. The van der Waals surface area contributed by atoms with Gasteiger partial charge in [0.05, 0.1) is 12.7 Å². The van der Waals surface area contributed by atoms with Crippen LogP contribution in [-0.2, 0) is 17.5 Å². The lowest BCUT2D eigenvalue weighted by Crippen LogP contribution is -2.26. The number of alkyl halides is 3. The summed E-state index contributed by atoms with van der Waals surface area (Å²) in [4.78, 5) is 30.1. The summed E-state index contributed by atoms with van der Waals surface area (Å²) in [6.07, 6.45) is -3.58. The Morgan fingerprint density at radius 2 is 1.83 bits per heavy atom. The number of methoxy groups -OCH3 is 1. The summed E-state index contributed by atoms with van der Waals surface area (Å²) in [5.41, 5.74) is -0.867. The third kappa shape index (κ3) is 5.03. The van der Waals surface area contributed by atoms with Crippen LogP contribution in [0.2, 0.25) is 10.0 Å². The summed E-state index contributed by atoms with van der Waals surface area (Å²) in [5, 5.41) is 2.75. The summed E-state index contributed by atoms with van der Waals surface area (Å²) in [6, 6.07) is 11.5. The van der Waals surface area contributed by atoms with E-state index in [1.807, 2.05) is 0 Å². The number of halogens is 5. The predicted octanol–water partition coefficient (Wildman–Crippen LogP) is 6.55. The number of carbonyl (C=O) groups is 2. The first kappa shape index (κ1) is 25.5. The molecule has 0 saturated heterocycles. The van der Waals surface area contributed by atoms with Crippen molar-refractivity contribution >= 4 is 51.5 Å². The van der Waals surface area contributed by atoms with Gasteiger partial charge in [-0.25, -0.2) is 0 Å².